The third-order valence-corrected chi connectivity index (χ3v) is 2.58. The summed E-state index contributed by atoms with van der Waals surface area (Å²) in [6, 6.07) is 9.69. The molecule has 1 heterocycles. The van der Waals surface area contributed by atoms with E-state index in [9.17, 15) is 0 Å². The van der Waals surface area contributed by atoms with Crippen molar-refractivity contribution in [3.05, 3.63) is 52.7 Å². The Morgan fingerprint density at radius 1 is 1.31 bits per heavy atom. The Kier molecular flexibility index (Phi) is 3.37. The number of aryl methyl sites for hydroxylation is 1. The third kappa shape index (κ3) is 2.70. The van der Waals surface area contributed by atoms with Crippen LogP contribution < -0.4 is 5.32 Å². The zero-order chi connectivity index (χ0) is 11.4. The zero-order valence-electron chi connectivity index (χ0n) is 8.94. The van der Waals surface area contributed by atoms with Gasteiger partial charge in [0.2, 0.25) is 0 Å². The maximum absolute atomic E-state index is 6.05. The van der Waals surface area contributed by atoms with Crippen LogP contribution in [0.2, 0.25) is 5.02 Å². The summed E-state index contributed by atoms with van der Waals surface area (Å²) < 4.78 is 0. The lowest BCUT2D eigenvalue weighted by Crippen LogP contribution is -2.02. The van der Waals surface area contributed by atoms with Crippen molar-refractivity contribution in [3.8, 4) is 0 Å². The van der Waals surface area contributed by atoms with Crippen LogP contribution in [0, 0.1) is 6.92 Å². The Hall–Kier alpha value is -1.61. The van der Waals surface area contributed by atoms with E-state index in [4.69, 9.17) is 11.6 Å². The molecule has 0 atom stereocenters. The van der Waals surface area contributed by atoms with Crippen molar-refractivity contribution in [3.63, 3.8) is 0 Å². The van der Waals surface area contributed by atoms with Gasteiger partial charge in [-0.3, -0.25) is 0 Å². The maximum Gasteiger partial charge on any atom is 0.149 e. The van der Waals surface area contributed by atoms with Crippen LogP contribution in [-0.4, -0.2) is 10.2 Å². The Morgan fingerprint density at radius 3 is 2.88 bits per heavy atom. The van der Waals surface area contributed by atoms with Crippen LogP contribution in [0.1, 0.15) is 11.1 Å². The lowest BCUT2D eigenvalue weighted by molar-refractivity contribution is 0.988. The van der Waals surface area contributed by atoms with E-state index in [1.165, 1.54) is 0 Å². The van der Waals surface area contributed by atoms with Gasteiger partial charge in [-0.2, -0.15) is 5.10 Å². The molecule has 0 aliphatic heterocycles. The number of anilines is 1. The van der Waals surface area contributed by atoms with Crippen LogP contribution in [0.4, 0.5) is 5.82 Å². The Labute approximate surface area is 99.5 Å². The first-order chi connectivity index (χ1) is 7.75. The standard InChI is InChI=1S/C12H12ClN3/c1-9-6-12(16-15-7-9)14-8-10-4-2-3-5-11(10)13/h2-7H,8H2,1H3,(H,14,16). The van der Waals surface area contributed by atoms with E-state index in [1.807, 2.05) is 37.3 Å². The maximum atomic E-state index is 6.05. The SMILES string of the molecule is Cc1cnnc(NCc2ccccc2Cl)c1. The van der Waals surface area contributed by atoms with Gasteiger partial charge in [0.05, 0.1) is 6.20 Å². The van der Waals surface area contributed by atoms with Gasteiger partial charge in [-0.15, -0.1) is 5.10 Å². The second kappa shape index (κ2) is 4.94. The van der Waals surface area contributed by atoms with Gasteiger partial charge in [0.15, 0.2) is 0 Å². The van der Waals surface area contributed by atoms with E-state index >= 15 is 0 Å². The highest BCUT2D eigenvalue weighted by molar-refractivity contribution is 6.31. The normalized spacial score (nSPS) is 10.1. The molecule has 1 aromatic heterocycles. The highest BCUT2D eigenvalue weighted by Gasteiger charge is 1.99. The summed E-state index contributed by atoms with van der Waals surface area (Å²) in [5, 5.41) is 11.8. The molecule has 1 aromatic carbocycles. The monoisotopic (exact) mass is 233 g/mol. The largest absolute Gasteiger partial charge is 0.364 e. The number of nitrogens with one attached hydrogen (secondary N) is 1. The molecule has 2 rings (SSSR count). The van der Waals surface area contributed by atoms with Gasteiger partial charge in [-0.25, -0.2) is 0 Å². The summed E-state index contributed by atoms with van der Waals surface area (Å²) in [5.74, 6) is 0.764. The zero-order valence-corrected chi connectivity index (χ0v) is 9.70. The predicted octanol–water partition coefficient (Wildman–Crippen LogP) is 3.05. The van der Waals surface area contributed by atoms with Gasteiger partial charge in [0.25, 0.3) is 0 Å². The van der Waals surface area contributed by atoms with Crippen LogP contribution >= 0.6 is 11.6 Å². The van der Waals surface area contributed by atoms with E-state index in [0.29, 0.717) is 6.54 Å². The summed E-state index contributed by atoms with van der Waals surface area (Å²) >= 11 is 6.05. The highest BCUT2D eigenvalue weighted by atomic mass is 35.5. The summed E-state index contributed by atoms with van der Waals surface area (Å²) in [6.45, 7) is 2.63. The van der Waals surface area contributed by atoms with Crippen molar-refractivity contribution in [2.45, 2.75) is 13.5 Å². The number of halogens is 1. The minimum absolute atomic E-state index is 0.651. The summed E-state index contributed by atoms with van der Waals surface area (Å²) in [7, 11) is 0. The molecule has 0 saturated carbocycles. The lowest BCUT2D eigenvalue weighted by atomic mass is 10.2. The average molecular weight is 234 g/mol. The predicted molar refractivity (Wildman–Crippen MR) is 65.5 cm³/mol. The van der Waals surface area contributed by atoms with Gasteiger partial charge in [-0.05, 0) is 30.2 Å². The van der Waals surface area contributed by atoms with Crippen molar-refractivity contribution in [2.24, 2.45) is 0 Å². The van der Waals surface area contributed by atoms with Crippen LogP contribution in [0.5, 0.6) is 0 Å². The number of rotatable bonds is 3. The molecule has 0 fully saturated rings. The minimum Gasteiger partial charge on any atom is -0.364 e. The topological polar surface area (TPSA) is 37.8 Å². The van der Waals surface area contributed by atoms with Crippen molar-refractivity contribution in [1.29, 1.82) is 0 Å². The van der Waals surface area contributed by atoms with Crippen molar-refractivity contribution in [2.75, 3.05) is 5.32 Å². The molecule has 16 heavy (non-hydrogen) atoms. The first kappa shape index (κ1) is 10.9. The van der Waals surface area contributed by atoms with Crippen LogP contribution in [0.3, 0.4) is 0 Å². The summed E-state index contributed by atoms with van der Waals surface area (Å²) in [4.78, 5) is 0. The van der Waals surface area contributed by atoms with E-state index in [-0.39, 0.29) is 0 Å². The van der Waals surface area contributed by atoms with E-state index < -0.39 is 0 Å². The highest BCUT2D eigenvalue weighted by Crippen LogP contribution is 2.16. The van der Waals surface area contributed by atoms with Gasteiger partial charge in [0.1, 0.15) is 5.82 Å². The lowest BCUT2D eigenvalue weighted by Gasteiger charge is -2.06. The number of hydrogen-bond acceptors (Lipinski definition) is 3. The molecule has 0 bridgehead atoms. The number of benzene rings is 1. The number of nitrogens with zero attached hydrogens (tertiary/aromatic N) is 2. The Bertz CT molecular complexity index is 485. The van der Waals surface area contributed by atoms with E-state index in [2.05, 4.69) is 15.5 Å². The molecule has 0 spiro atoms. The van der Waals surface area contributed by atoms with E-state index in [1.54, 1.807) is 6.20 Å². The molecule has 4 heteroatoms. The molecular formula is C12H12ClN3. The Balaban J connectivity index is 2.05. The Morgan fingerprint density at radius 2 is 2.12 bits per heavy atom. The van der Waals surface area contributed by atoms with Crippen molar-refractivity contribution >= 4 is 17.4 Å². The van der Waals surface area contributed by atoms with Crippen LogP contribution in [0.15, 0.2) is 36.5 Å². The molecule has 2 aromatic rings. The van der Waals surface area contributed by atoms with Gasteiger partial charge in [0, 0.05) is 11.6 Å². The molecule has 0 aliphatic carbocycles. The molecule has 0 saturated heterocycles. The number of hydrogen-bond donors (Lipinski definition) is 1. The second-order valence-corrected chi connectivity index (χ2v) is 3.97. The molecule has 0 radical (unpaired) electrons. The number of aromatic nitrogens is 2. The van der Waals surface area contributed by atoms with Crippen molar-refractivity contribution < 1.29 is 0 Å². The van der Waals surface area contributed by atoms with Gasteiger partial charge >= 0.3 is 0 Å². The second-order valence-electron chi connectivity index (χ2n) is 3.56. The molecule has 1 N–H and O–H groups in total. The first-order valence-electron chi connectivity index (χ1n) is 5.02. The summed E-state index contributed by atoms with van der Waals surface area (Å²) in [5.41, 5.74) is 2.13. The smallest absolute Gasteiger partial charge is 0.149 e. The molecular weight excluding hydrogens is 222 g/mol. The van der Waals surface area contributed by atoms with Crippen LogP contribution in [-0.2, 0) is 6.54 Å². The average Bonchev–Trinajstić information content (AvgIpc) is 2.28. The van der Waals surface area contributed by atoms with Crippen molar-refractivity contribution in [1.82, 2.24) is 10.2 Å². The summed E-state index contributed by atoms with van der Waals surface area (Å²) in [6.07, 6.45) is 1.72. The fourth-order valence-corrected chi connectivity index (χ4v) is 1.58. The fraction of sp³-hybridized carbons (Fsp3) is 0.167. The molecule has 82 valence electrons. The third-order valence-electron chi connectivity index (χ3n) is 2.21. The van der Waals surface area contributed by atoms with Crippen LogP contribution in [0.25, 0.3) is 0 Å². The molecule has 0 aliphatic rings. The minimum atomic E-state index is 0.651. The van der Waals surface area contributed by atoms with E-state index in [0.717, 1.165) is 22.0 Å². The molecule has 0 amide bonds. The molecule has 0 unspecified atom stereocenters. The fourth-order valence-electron chi connectivity index (χ4n) is 1.38. The first-order valence-corrected chi connectivity index (χ1v) is 5.40. The molecule has 3 nitrogen and oxygen atoms in total. The van der Waals surface area contributed by atoms with Gasteiger partial charge < -0.3 is 5.32 Å². The quantitative estimate of drug-likeness (QED) is 0.886. The van der Waals surface area contributed by atoms with Gasteiger partial charge in [-0.1, -0.05) is 29.8 Å².